The second kappa shape index (κ2) is 6.36. The zero-order valence-corrected chi connectivity index (χ0v) is 17.0. The van der Waals surface area contributed by atoms with Gasteiger partial charge < -0.3 is 9.84 Å². The topological polar surface area (TPSA) is 46.5 Å². The van der Waals surface area contributed by atoms with Gasteiger partial charge in [-0.05, 0) is 86.9 Å². The van der Waals surface area contributed by atoms with Gasteiger partial charge in [0.1, 0.15) is 6.10 Å². The van der Waals surface area contributed by atoms with Crippen molar-refractivity contribution in [1.29, 1.82) is 0 Å². The van der Waals surface area contributed by atoms with Crippen LogP contribution >= 0.6 is 0 Å². The number of esters is 1. The lowest BCUT2D eigenvalue weighted by Crippen LogP contribution is -2.51. The van der Waals surface area contributed by atoms with Gasteiger partial charge in [0.25, 0.3) is 0 Å². The van der Waals surface area contributed by atoms with Crippen LogP contribution in [0.4, 0.5) is 0 Å². The van der Waals surface area contributed by atoms with Crippen LogP contribution < -0.4 is 0 Å². The molecular formula is C23H36O3. The summed E-state index contributed by atoms with van der Waals surface area (Å²) in [6.07, 6.45) is 11.6. The largest absolute Gasteiger partial charge is 0.463 e. The molecule has 8 atom stereocenters. The minimum atomic E-state index is -0.219. The van der Waals surface area contributed by atoms with E-state index >= 15 is 0 Å². The summed E-state index contributed by atoms with van der Waals surface area (Å²) >= 11 is 0. The Kier molecular flexibility index (Phi) is 4.53. The molecule has 0 spiro atoms. The molecule has 0 aromatic rings. The van der Waals surface area contributed by atoms with Crippen molar-refractivity contribution in [3.8, 4) is 0 Å². The molecule has 3 unspecified atom stereocenters. The third kappa shape index (κ3) is 2.68. The van der Waals surface area contributed by atoms with Crippen molar-refractivity contribution in [2.24, 2.45) is 34.5 Å². The minimum absolute atomic E-state index is 0.0403. The predicted molar refractivity (Wildman–Crippen MR) is 102 cm³/mol. The highest BCUT2D eigenvalue weighted by molar-refractivity contribution is 5.66. The SMILES string of the molecule is CC(=O)O[C@@H](C)[C@H]1CCC2C3CCC4=C[C@@H](O)CC[C@]4(C)C3CC[C@@]21C. The lowest BCUT2D eigenvalue weighted by molar-refractivity contribution is -0.152. The number of rotatable bonds is 2. The van der Waals surface area contributed by atoms with E-state index in [2.05, 4.69) is 26.8 Å². The fourth-order valence-corrected chi connectivity index (χ4v) is 7.87. The van der Waals surface area contributed by atoms with Gasteiger partial charge in [-0.25, -0.2) is 0 Å². The van der Waals surface area contributed by atoms with Gasteiger partial charge in [-0.2, -0.15) is 0 Å². The van der Waals surface area contributed by atoms with Gasteiger partial charge in [0.05, 0.1) is 6.10 Å². The van der Waals surface area contributed by atoms with Crippen LogP contribution in [-0.4, -0.2) is 23.3 Å². The first-order valence-electron chi connectivity index (χ1n) is 10.8. The molecule has 0 saturated heterocycles. The number of ether oxygens (including phenoxy) is 1. The maximum absolute atomic E-state index is 11.5. The number of aliphatic hydroxyl groups is 1. The summed E-state index contributed by atoms with van der Waals surface area (Å²) in [5, 5.41) is 10.1. The molecule has 0 bridgehead atoms. The van der Waals surface area contributed by atoms with Crippen molar-refractivity contribution < 1.29 is 14.6 Å². The van der Waals surface area contributed by atoms with Crippen LogP contribution in [0.1, 0.15) is 79.1 Å². The predicted octanol–water partition coefficient (Wildman–Crippen LogP) is 4.88. The monoisotopic (exact) mass is 360 g/mol. The number of hydrogen-bond donors (Lipinski definition) is 1. The first kappa shape index (κ1) is 18.5. The Hall–Kier alpha value is -0.830. The average Bonchev–Trinajstić information content (AvgIpc) is 2.92. The van der Waals surface area contributed by atoms with Crippen LogP contribution in [0.3, 0.4) is 0 Å². The molecule has 3 nitrogen and oxygen atoms in total. The summed E-state index contributed by atoms with van der Waals surface area (Å²) in [6, 6.07) is 0. The van der Waals surface area contributed by atoms with Gasteiger partial charge >= 0.3 is 5.97 Å². The molecule has 0 radical (unpaired) electrons. The summed E-state index contributed by atoms with van der Waals surface area (Å²) in [7, 11) is 0. The molecule has 0 aromatic carbocycles. The van der Waals surface area contributed by atoms with Gasteiger partial charge in [-0.3, -0.25) is 4.79 Å². The Balaban J connectivity index is 1.58. The van der Waals surface area contributed by atoms with E-state index in [4.69, 9.17) is 4.74 Å². The molecule has 4 rings (SSSR count). The first-order chi connectivity index (χ1) is 12.3. The molecule has 26 heavy (non-hydrogen) atoms. The maximum Gasteiger partial charge on any atom is 0.302 e. The second-order valence-electron chi connectivity index (χ2n) is 10.2. The number of carbonyl (C=O) groups excluding carboxylic acids is 1. The van der Waals surface area contributed by atoms with Gasteiger partial charge in [0, 0.05) is 12.8 Å². The first-order valence-corrected chi connectivity index (χ1v) is 10.8. The molecule has 4 aliphatic rings. The zero-order chi connectivity index (χ0) is 18.7. The Labute approximate surface area is 158 Å². The van der Waals surface area contributed by atoms with Crippen LogP contribution in [0, 0.1) is 34.5 Å². The molecule has 3 heteroatoms. The highest BCUT2D eigenvalue weighted by atomic mass is 16.5. The van der Waals surface area contributed by atoms with E-state index in [0.29, 0.717) is 16.7 Å². The average molecular weight is 361 g/mol. The van der Waals surface area contributed by atoms with Gasteiger partial charge in [-0.15, -0.1) is 0 Å². The number of hydrogen-bond acceptors (Lipinski definition) is 3. The summed E-state index contributed by atoms with van der Waals surface area (Å²) in [4.78, 5) is 11.5. The number of aliphatic hydroxyl groups excluding tert-OH is 1. The molecule has 4 aliphatic carbocycles. The Morgan fingerprint density at radius 2 is 1.92 bits per heavy atom. The van der Waals surface area contributed by atoms with E-state index in [-0.39, 0.29) is 18.2 Å². The molecule has 0 amide bonds. The Morgan fingerprint density at radius 3 is 2.65 bits per heavy atom. The van der Waals surface area contributed by atoms with E-state index in [1.165, 1.54) is 45.4 Å². The van der Waals surface area contributed by atoms with E-state index < -0.39 is 0 Å². The van der Waals surface area contributed by atoms with Crippen molar-refractivity contribution in [2.75, 3.05) is 0 Å². The smallest absolute Gasteiger partial charge is 0.302 e. The lowest BCUT2D eigenvalue weighted by atomic mass is 9.46. The van der Waals surface area contributed by atoms with Crippen molar-refractivity contribution in [2.45, 2.75) is 91.3 Å². The molecule has 0 aliphatic heterocycles. The quantitative estimate of drug-likeness (QED) is 0.564. The highest BCUT2D eigenvalue weighted by Gasteiger charge is 2.59. The summed E-state index contributed by atoms with van der Waals surface area (Å²) in [6.45, 7) is 8.62. The lowest BCUT2D eigenvalue weighted by Gasteiger charge is -2.58. The Morgan fingerprint density at radius 1 is 1.15 bits per heavy atom. The van der Waals surface area contributed by atoms with E-state index in [1.54, 1.807) is 5.57 Å². The molecule has 0 aromatic heterocycles. The molecule has 3 saturated carbocycles. The minimum Gasteiger partial charge on any atom is -0.463 e. The molecule has 0 heterocycles. The van der Waals surface area contributed by atoms with Crippen molar-refractivity contribution in [3.05, 3.63) is 11.6 Å². The fraction of sp³-hybridized carbons (Fsp3) is 0.870. The molecule has 146 valence electrons. The van der Waals surface area contributed by atoms with Gasteiger partial charge in [0.15, 0.2) is 0 Å². The third-order valence-electron chi connectivity index (χ3n) is 9.08. The van der Waals surface area contributed by atoms with Gasteiger partial charge in [-0.1, -0.05) is 25.5 Å². The molecule has 3 fully saturated rings. The van der Waals surface area contributed by atoms with E-state index in [1.807, 2.05) is 0 Å². The number of fused-ring (bicyclic) bond motifs is 5. The summed E-state index contributed by atoms with van der Waals surface area (Å²) in [5.41, 5.74) is 2.18. The molecular weight excluding hydrogens is 324 g/mol. The fourth-order valence-electron chi connectivity index (χ4n) is 7.87. The van der Waals surface area contributed by atoms with Gasteiger partial charge in [0.2, 0.25) is 0 Å². The van der Waals surface area contributed by atoms with Crippen LogP contribution in [0.25, 0.3) is 0 Å². The highest BCUT2D eigenvalue weighted by Crippen LogP contribution is 2.67. The standard InChI is InChI=1S/C23H36O3/c1-14(26-15(2)24)19-7-8-20-18-6-5-16-13-17(25)9-11-22(16,3)21(18)10-12-23(19,20)4/h13-14,17-21,25H,5-12H2,1-4H3/t14-,17-,18?,19+,20?,21?,22-,23+/m0/s1. The zero-order valence-electron chi connectivity index (χ0n) is 17.0. The van der Waals surface area contributed by atoms with E-state index in [0.717, 1.165) is 30.6 Å². The van der Waals surface area contributed by atoms with Crippen LogP contribution in [0.5, 0.6) is 0 Å². The van der Waals surface area contributed by atoms with Crippen LogP contribution in [0.15, 0.2) is 11.6 Å². The summed E-state index contributed by atoms with van der Waals surface area (Å²) in [5.74, 6) is 2.72. The van der Waals surface area contributed by atoms with Crippen molar-refractivity contribution >= 4 is 5.97 Å². The number of allylic oxidation sites excluding steroid dienone is 1. The Bertz CT molecular complexity index is 611. The van der Waals surface area contributed by atoms with Crippen LogP contribution in [-0.2, 0) is 9.53 Å². The van der Waals surface area contributed by atoms with Crippen molar-refractivity contribution in [1.82, 2.24) is 0 Å². The maximum atomic E-state index is 11.5. The van der Waals surface area contributed by atoms with Crippen LogP contribution in [0.2, 0.25) is 0 Å². The van der Waals surface area contributed by atoms with E-state index in [9.17, 15) is 9.90 Å². The van der Waals surface area contributed by atoms with Crippen molar-refractivity contribution in [3.63, 3.8) is 0 Å². The second-order valence-corrected chi connectivity index (χ2v) is 10.2. The summed E-state index contributed by atoms with van der Waals surface area (Å²) < 4.78 is 5.63. The number of carbonyl (C=O) groups is 1. The normalized spacial score (nSPS) is 48.7. The third-order valence-corrected chi connectivity index (χ3v) is 9.08. The molecule has 1 N–H and O–H groups in total.